The number of nitrogens with zero attached hydrogens (tertiary/aromatic N) is 3. The average molecular weight is 311 g/mol. The highest BCUT2D eigenvalue weighted by molar-refractivity contribution is 5.88. The van der Waals surface area contributed by atoms with Crippen molar-refractivity contribution in [2.75, 3.05) is 12.3 Å². The third-order valence-electron chi connectivity index (χ3n) is 5.05. The number of aromatic nitrogens is 2. The van der Waals surface area contributed by atoms with Crippen molar-refractivity contribution in [3.05, 3.63) is 30.1 Å². The van der Waals surface area contributed by atoms with Gasteiger partial charge in [-0.05, 0) is 30.5 Å². The summed E-state index contributed by atoms with van der Waals surface area (Å²) >= 11 is 0. The van der Waals surface area contributed by atoms with Gasteiger partial charge in [-0.15, -0.1) is 0 Å². The first-order valence-corrected chi connectivity index (χ1v) is 8.24. The molecule has 1 saturated heterocycles. The van der Waals surface area contributed by atoms with Crippen molar-refractivity contribution < 1.29 is 4.79 Å². The van der Waals surface area contributed by atoms with Crippen LogP contribution in [0.25, 0.3) is 10.9 Å². The zero-order chi connectivity index (χ0) is 15.8. The summed E-state index contributed by atoms with van der Waals surface area (Å²) in [6, 6.07) is 6.75. The molecule has 0 bridgehead atoms. The minimum Gasteiger partial charge on any atom is -0.383 e. The highest BCUT2D eigenvalue weighted by atomic mass is 16.2. The van der Waals surface area contributed by atoms with E-state index in [1.807, 2.05) is 23.1 Å². The molecule has 2 aromatic rings. The van der Waals surface area contributed by atoms with Crippen LogP contribution >= 0.6 is 0 Å². The predicted octanol–water partition coefficient (Wildman–Crippen LogP) is 1.45. The maximum atomic E-state index is 12.4. The van der Waals surface area contributed by atoms with Crippen LogP contribution in [0.1, 0.15) is 31.2 Å². The third-order valence-corrected chi connectivity index (χ3v) is 5.05. The Balaban J connectivity index is 1.62. The number of piperazine rings is 1. The van der Waals surface area contributed by atoms with Crippen molar-refractivity contribution in [1.29, 1.82) is 0 Å². The molecule has 120 valence electrons. The molecule has 1 aliphatic carbocycles. The molecule has 1 aliphatic heterocycles. The number of carbonyl (C=O) groups excluding carboxylic acids is 1. The molecule has 2 atom stereocenters. The van der Waals surface area contributed by atoms with Crippen LogP contribution in [0.5, 0.6) is 0 Å². The van der Waals surface area contributed by atoms with Crippen molar-refractivity contribution >= 4 is 22.6 Å². The lowest BCUT2D eigenvalue weighted by Crippen LogP contribution is -2.61. The van der Waals surface area contributed by atoms with Crippen molar-refractivity contribution in [3.8, 4) is 0 Å². The third kappa shape index (κ3) is 2.63. The van der Waals surface area contributed by atoms with Gasteiger partial charge in [-0.25, -0.2) is 9.97 Å². The summed E-state index contributed by atoms with van der Waals surface area (Å²) in [6.07, 6.45) is 6.19. The second kappa shape index (κ2) is 5.77. The summed E-state index contributed by atoms with van der Waals surface area (Å²) in [5, 5.41) is 4.25. The standard InChI is InChI=1S/C17H21N5O/c18-17-12-6-5-11(7-14(12)20-10-21-17)9-22-15-4-2-1-3-13(15)19-8-16(22)23/h5-7,10,13,15,19H,1-4,8-9H2,(H2,18,20,21). The number of anilines is 1. The second-order valence-electron chi connectivity index (χ2n) is 6.47. The molecule has 4 rings (SSSR count). The van der Waals surface area contributed by atoms with E-state index in [-0.39, 0.29) is 5.91 Å². The molecule has 2 unspecified atom stereocenters. The summed E-state index contributed by atoms with van der Waals surface area (Å²) in [4.78, 5) is 22.7. The van der Waals surface area contributed by atoms with Crippen LogP contribution < -0.4 is 11.1 Å². The SMILES string of the molecule is Nc1ncnc2cc(CN3C(=O)CNC4CCCCC43)ccc12. The van der Waals surface area contributed by atoms with E-state index in [2.05, 4.69) is 15.3 Å². The quantitative estimate of drug-likeness (QED) is 0.877. The first-order valence-electron chi connectivity index (χ1n) is 8.24. The summed E-state index contributed by atoms with van der Waals surface area (Å²) in [5.74, 6) is 0.683. The molecule has 2 aliphatic rings. The van der Waals surface area contributed by atoms with E-state index >= 15 is 0 Å². The first-order chi connectivity index (χ1) is 11.2. The minimum atomic E-state index is 0.190. The number of hydrogen-bond donors (Lipinski definition) is 2. The molecule has 0 spiro atoms. The van der Waals surface area contributed by atoms with E-state index in [1.165, 1.54) is 19.2 Å². The number of nitrogens with two attached hydrogens (primary N) is 1. The van der Waals surface area contributed by atoms with Crippen molar-refractivity contribution in [2.45, 2.75) is 44.3 Å². The summed E-state index contributed by atoms with van der Waals surface area (Å²) in [7, 11) is 0. The molecule has 2 heterocycles. The van der Waals surface area contributed by atoms with E-state index in [1.54, 1.807) is 0 Å². The van der Waals surface area contributed by atoms with Crippen molar-refractivity contribution in [2.24, 2.45) is 0 Å². The fourth-order valence-electron chi connectivity index (χ4n) is 3.85. The topological polar surface area (TPSA) is 84.1 Å². The van der Waals surface area contributed by atoms with E-state index in [0.717, 1.165) is 29.3 Å². The van der Waals surface area contributed by atoms with Gasteiger partial charge in [0.25, 0.3) is 0 Å². The Morgan fingerprint density at radius 3 is 3.04 bits per heavy atom. The number of hydrogen-bond acceptors (Lipinski definition) is 5. The summed E-state index contributed by atoms with van der Waals surface area (Å²) in [5.41, 5.74) is 7.80. The van der Waals surface area contributed by atoms with E-state index in [0.29, 0.717) is 31.0 Å². The van der Waals surface area contributed by atoms with Crippen LogP contribution in [0, 0.1) is 0 Å². The minimum absolute atomic E-state index is 0.190. The Kier molecular flexibility index (Phi) is 3.61. The number of amides is 1. The van der Waals surface area contributed by atoms with Gasteiger partial charge in [0.2, 0.25) is 5.91 Å². The molecular weight excluding hydrogens is 290 g/mol. The van der Waals surface area contributed by atoms with Crippen LogP contribution in [0.3, 0.4) is 0 Å². The highest BCUT2D eigenvalue weighted by Crippen LogP contribution is 2.28. The molecule has 1 saturated carbocycles. The number of rotatable bonds is 2. The van der Waals surface area contributed by atoms with Gasteiger partial charge in [0.15, 0.2) is 0 Å². The molecule has 3 N–H and O–H groups in total. The fourth-order valence-corrected chi connectivity index (χ4v) is 3.85. The predicted molar refractivity (Wildman–Crippen MR) is 88.5 cm³/mol. The lowest BCUT2D eigenvalue weighted by Gasteiger charge is -2.44. The smallest absolute Gasteiger partial charge is 0.237 e. The molecule has 0 radical (unpaired) electrons. The number of fused-ring (bicyclic) bond motifs is 2. The van der Waals surface area contributed by atoms with Gasteiger partial charge >= 0.3 is 0 Å². The number of carbonyl (C=O) groups is 1. The zero-order valence-electron chi connectivity index (χ0n) is 13.0. The van der Waals surface area contributed by atoms with Gasteiger partial charge in [0, 0.05) is 24.0 Å². The molecule has 1 amide bonds. The van der Waals surface area contributed by atoms with Gasteiger partial charge in [-0.2, -0.15) is 0 Å². The van der Waals surface area contributed by atoms with Crippen LogP contribution in [0.4, 0.5) is 5.82 Å². The fraction of sp³-hybridized carbons (Fsp3) is 0.471. The highest BCUT2D eigenvalue weighted by Gasteiger charge is 2.36. The Bertz CT molecular complexity index is 747. The molecule has 6 heteroatoms. The van der Waals surface area contributed by atoms with Crippen molar-refractivity contribution in [1.82, 2.24) is 20.2 Å². The lowest BCUT2D eigenvalue weighted by molar-refractivity contribution is -0.138. The molecule has 23 heavy (non-hydrogen) atoms. The largest absolute Gasteiger partial charge is 0.383 e. The van der Waals surface area contributed by atoms with Crippen molar-refractivity contribution in [3.63, 3.8) is 0 Å². The number of benzene rings is 1. The average Bonchev–Trinajstić information content (AvgIpc) is 2.58. The van der Waals surface area contributed by atoms with Gasteiger partial charge in [-0.3, -0.25) is 4.79 Å². The monoisotopic (exact) mass is 311 g/mol. The number of nitrogens with one attached hydrogen (secondary N) is 1. The summed E-state index contributed by atoms with van der Waals surface area (Å²) < 4.78 is 0. The normalized spacial score (nSPS) is 24.7. The Labute approximate surface area is 135 Å². The Morgan fingerprint density at radius 2 is 2.13 bits per heavy atom. The molecule has 6 nitrogen and oxygen atoms in total. The maximum absolute atomic E-state index is 12.4. The van der Waals surface area contributed by atoms with E-state index < -0.39 is 0 Å². The van der Waals surface area contributed by atoms with E-state index in [9.17, 15) is 4.79 Å². The van der Waals surface area contributed by atoms with Gasteiger partial charge in [-0.1, -0.05) is 18.9 Å². The van der Waals surface area contributed by atoms with E-state index in [4.69, 9.17) is 5.73 Å². The molecular formula is C17H21N5O. The van der Waals surface area contributed by atoms with Crippen LogP contribution in [-0.2, 0) is 11.3 Å². The van der Waals surface area contributed by atoms with Crippen LogP contribution in [0.15, 0.2) is 24.5 Å². The molecule has 1 aromatic heterocycles. The Morgan fingerprint density at radius 1 is 1.26 bits per heavy atom. The molecule has 1 aromatic carbocycles. The summed E-state index contributed by atoms with van der Waals surface area (Å²) in [6.45, 7) is 1.09. The zero-order valence-corrected chi connectivity index (χ0v) is 13.0. The number of nitrogen functional groups attached to an aromatic ring is 1. The molecule has 2 fully saturated rings. The maximum Gasteiger partial charge on any atom is 0.237 e. The van der Waals surface area contributed by atoms with Gasteiger partial charge in [0.05, 0.1) is 12.1 Å². The van der Waals surface area contributed by atoms with Gasteiger partial charge in [0.1, 0.15) is 12.1 Å². The van der Waals surface area contributed by atoms with Gasteiger partial charge < -0.3 is 16.0 Å². The Hall–Kier alpha value is -2.21. The second-order valence-corrected chi connectivity index (χ2v) is 6.47. The van der Waals surface area contributed by atoms with Crippen LogP contribution in [-0.4, -0.2) is 39.4 Å². The first kappa shape index (κ1) is 14.4. The lowest BCUT2D eigenvalue weighted by atomic mass is 9.87. The van der Waals surface area contributed by atoms with Crippen LogP contribution in [0.2, 0.25) is 0 Å².